The largest absolute Gasteiger partial charge is 0.461 e. The highest BCUT2D eigenvalue weighted by Gasteiger charge is 2.22. The number of nitrogens with zero attached hydrogens (tertiary/aromatic N) is 2. The second-order valence-corrected chi connectivity index (χ2v) is 5.07. The number of hydrogen-bond acceptors (Lipinski definition) is 4. The van der Waals surface area contributed by atoms with Crippen LogP contribution in [0, 0.1) is 0 Å². The van der Waals surface area contributed by atoms with Crippen LogP contribution in [0.1, 0.15) is 17.4 Å². The first-order valence-electron chi connectivity index (χ1n) is 5.28. The molecule has 0 saturated heterocycles. The molecule has 2 aromatic rings. The first kappa shape index (κ1) is 14.3. The van der Waals surface area contributed by atoms with E-state index in [1.807, 2.05) is 0 Å². The van der Waals surface area contributed by atoms with Crippen LogP contribution in [0.5, 0.6) is 0 Å². The summed E-state index contributed by atoms with van der Waals surface area (Å²) in [5.41, 5.74) is 0.881. The van der Waals surface area contributed by atoms with Gasteiger partial charge in [0.15, 0.2) is 5.69 Å². The highest BCUT2D eigenvalue weighted by Crippen LogP contribution is 2.38. The fourth-order valence-corrected chi connectivity index (χ4v) is 2.33. The number of carbonyl (C=O) groups excluding carboxylic acids is 1. The third-order valence-electron chi connectivity index (χ3n) is 2.31. The van der Waals surface area contributed by atoms with Crippen molar-refractivity contribution in [3.05, 3.63) is 32.3 Å². The van der Waals surface area contributed by atoms with E-state index in [9.17, 15) is 4.79 Å². The summed E-state index contributed by atoms with van der Waals surface area (Å²) in [7, 11) is 0. The molecule has 0 atom stereocenters. The fraction of sp³-hybridized carbons (Fsp3) is 0.182. The Morgan fingerprint density at radius 2 is 2.11 bits per heavy atom. The monoisotopic (exact) mass is 363 g/mol. The van der Waals surface area contributed by atoms with Crippen molar-refractivity contribution >= 4 is 45.1 Å². The van der Waals surface area contributed by atoms with Crippen molar-refractivity contribution in [2.45, 2.75) is 6.92 Å². The lowest BCUT2D eigenvalue weighted by molar-refractivity contribution is 0.0520. The molecule has 1 heterocycles. The van der Waals surface area contributed by atoms with E-state index in [0.717, 1.165) is 0 Å². The minimum absolute atomic E-state index is 0.0714. The van der Waals surface area contributed by atoms with Gasteiger partial charge in [0.25, 0.3) is 0 Å². The molecule has 1 N–H and O–H groups in total. The van der Waals surface area contributed by atoms with Crippen molar-refractivity contribution < 1.29 is 9.53 Å². The normalized spacial score (nSPS) is 10.5. The van der Waals surface area contributed by atoms with Gasteiger partial charge in [0, 0.05) is 10.0 Å². The van der Waals surface area contributed by atoms with E-state index < -0.39 is 5.97 Å². The molecule has 19 heavy (non-hydrogen) atoms. The lowest BCUT2D eigenvalue weighted by Gasteiger charge is -2.06. The zero-order chi connectivity index (χ0) is 14.0. The molecule has 0 saturated carbocycles. The lowest BCUT2D eigenvalue weighted by Crippen LogP contribution is -2.06. The van der Waals surface area contributed by atoms with Crippen LogP contribution >= 0.6 is 39.1 Å². The van der Waals surface area contributed by atoms with Crippen molar-refractivity contribution in [3.8, 4) is 11.3 Å². The van der Waals surface area contributed by atoms with Gasteiger partial charge in [-0.1, -0.05) is 23.2 Å². The van der Waals surface area contributed by atoms with Crippen LogP contribution in [0.25, 0.3) is 11.3 Å². The standard InChI is InChI=1S/C11H8BrCl2N3O2/c1-2-19-11(18)10-9(15-17-16-10)5-3-4-6(12)8(14)7(5)13/h3-4H,2H2,1H3,(H,15,16,17). The number of rotatable bonds is 3. The van der Waals surface area contributed by atoms with Crippen LogP contribution in [-0.4, -0.2) is 28.0 Å². The van der Waals surface area contributed by atoms with Gasteiger partial charge < -0.3 is 4.74 Å². The molecule has 1 aromatic heterocycles. The van der Waals surface area contributed by atoms with Crippen molar-refractivity contribution in [3.63, 3.8) is 0 Å². The number of aromatic amines is 1. The molecular weight excluding hydrogens is 357 g/mol. The molecule has 8 heteroatoms. The van der Waals surface area contributed by atoms with Gasteiger partial charge in [0.1, 0.15) is 5.69 Å². The predicted octanol–water partition coefficient (Wildman–Crippen LogP) is 3.72. The number of halogens is 3. The van der Waals surface area contributed by atoms with Crippen LogP contribution < -0.4 is 0 Å². The van der Waals surface area contributed by atoms with Crippen LogP contribution in [-0.2, 0) is 4.74 Å². The Morgan fingerprint density at radius 1 is 1.37 bits per heavy atom. The SMILES string of the molecule is CCOC(=O)c1n[nH]nc1-c1ccc(Br)c(Cl)c1Cl. The first-order chi connectivity index (χ1) is 9.06. The first-order valence-corrected chi connectivity index (χ1v) is 6.83. The average Bonchev–Trinajstić information content (AvgIpc) is 2.85. The molecule has 0 radical (unpaired) electrons. The van der Waals surface area contributed by atoms with E-state index >= 15 is 0 Å². The van der Waals surface area contributed by atoms with Gasteiger partial charge in [-0.15, -0.1) is 5.10 Å². The molecule has 2 rings (SSSR count). The van der Waals surface area contributed by atoms with Gasteiger partial charge in [-0.2, -0.15) is 10.3 Å². The highest BCUT2D eigenvalue weighted by atomic mass is 79.9. The Bertz CT molecular complexity index is 630. The maximum Gasteiger partial charge on any atom is 0.361 e. The maximum absolute atomic E-state index is 11.7. The maximum atomic E-state index is 11.7. The van der Waals surface area contributed by atoms with Gasteiger partial charge >= 0.3 is 5.97 Å². The smallest absolute Gasteiger partial charge is 0.361 e. The topological polar surface area (TPSA) is 67.9 Å². The average molecular weight is 365 g/mol. The van der Waals surface area contributed by atoms with Gasteiger partial charge in [-0.3, -0.25) is 0 Å². The van der Waals surface area contributed by atoms with E-state index in [1.165, 1.54) is 0 Å². The number of aromatic nitrogens is 3. The number of ether oxygens (including phenoxy) is 1. The summed E-state index contributed by atoms with van der Waals surface area (Å²) in [5.74, 6) is -0.568. The Labute approximate surface area is 127 Å². The molecule has 0 bridgehead atoms. The van der Waals surface area contributed by atoms with E-state index in [0.29, 0.717) is 20.8 Å². The highest BCUT2D eigenvalue weighted by molar-refractivity contribution is 9.10. The number of H-pyrrole nitrogens is 1. The molecular formula is C11H8BrCl2N3O2. The summed E-state index contributed by atoms with van der Waals surface area (Å²) < 4.78 is 5.55. The van der Waals surface area contributed by atoms with Crippen LogP contribution in [0.15, 0.2) is 16.6 Å². The Hall–Kier alpha value is -1.11. The summed E-state index contributed by atoms with van der Waals surface area (Å²) in [6.45, 7) is 1.96. The Kier molecular flexibility index (Phi) is 4.44. The summed E-state index contributed by atoms with van der Waals surface area (Å²) in [6, 6.07) is 3.41. The quantitative estimate of drug-likeness (QED) is 0.665. The Morgan fingerprint density at radius 3 is 2.79 bits per heavy atom. The molecule has 0 aliphatic heterocycles. The molecule has 0 aliphatic rings. The molecule has 0 unspecified atom stereocenters. The zero-order valence-corrected chi connectivity index (χ0v) is 12.8. The zero-order valence-electron chi connectivity index (χ0n) is 9.71. The Balaban J connectivity index is 2.52. The van der Waals surface area contributed by atoms with Gasteiger partial charge in [-0.05, 0) is 35.0 Å². The summed E-state index contributed by atoms with van der Waals surface area (Å²) >= 11 is 15.5. The molecule has 100 valence electrons. The molecule has 0 aliphatic carbocycles. The summed E-state index contributed by atoms with van der Waals surface area (Å²) in [6.07, 6.45) is 0. The van der Waals surface area contributed by atoms with Gasteiger partial charge in [-0.25, -0.2) is 4.79 Å². The van der Waals surface area contributed by atoms with E-state index in [1.54, 1.807) is 19.1 Å². The number of carbonyl (C=O) groups is 1. The van der Waals surface area contributed by atoms with Crippen molar-refractivity contribution in [1.82, 2.24) is 15.4 Å². The molecule has 5 nitrogen and oxygen atoms in total. The van der Waals surface area contributed by atoms with E-state index in [2.05, 4.69) is 31.3 Å². The minimum atomic E-state index is -0.568. The van der Waals surface area contributed by atoms with Crippen LogP contribution in [0.4, 0.5) is 0 Å². The summed E-state index contributed by atoms with van der Waals surface area (Å²) in [4.78, 5) is 11.7. The van der Waals surface area contributed by atoms with E-state index in [-0.39, 0.29) is 17.3 Å². The molecule has 1 aromatic carbocycles. The third-order valence-corrected chi connectivity index (χ3v) is 4.08. The van der Waals surface area contributed by atoms with Gasteiger partial charge in [0.05, 0.1) is 16.7 Å². The second kappa shape index (κ2) is 5.90. The van der Waals surface area contributed by atoms with E-state index in [4.69, 9.17) is 27.9 Å². The van der Waals surface area contributed by atoms with Crippen molar-refractivity contribution in [1.29, 1.82) is 0 Å². The number of nitrogens with one attached hydrogen (secondary N) is 1. The van der Waals surface area contributed by atoms with Crippen molar-refractivity contribution in [2.75, 3.05) is 6.61 Å². The lowest BCUT2D eigenvalue weighted by atomic mass is 10.1. The number of hydrogen-bond donors (Lipinski definition) is 1. The summed E-state index contributed by atoms with van der Waals surface area (Å²) in [5, 5.41) is 10.7. The minimum Gasteiger partial charge on any atom is -0.461 e. The fourth-order valence-electron chi connectivity index (χ4n) is 1.47. The van der Waals surface area contributed by atoms with Crippen molar-refractivity contribution in [2.24, 2.45) is 0 Å². The van der Waals surface area contributed by atoms with Gasteiger partial charge in [0.2, 0.25) is 0 Å². The second-order valence-electron chi connectivity index (χ2n) is 3.46. The predicted molar refractivity (Wildman–Crippen MR) is 75.5 cm³/mol. The third kappa shape index (κ3) is 2.75. The number of esters is 1. The van der Waals surface area contributed by atoms with Crippen LogP contribution in [0.3, 0.4) is 0 Å². The van der Waals surface area contributed by atoms with Crippen LogP contribution in [0.2, 0.25) is 10.0 Å². The molecule has 0 spiro atoms. The molecule has 0 fully saturated rings. The number of benzene rings is 1. The molecule has 0 amide bonds.